The van der Waals surface area contributed by atoms with Crippen LogP contribution >= 0.6 is 0 Å². The van der Waals surface area contributed by atoms with Crippen molar-refractivity contribution in [2.45, 2.75) is 58.4 Å². The van der Waals surface area contributed by atoms with Crippen molar-refractivity contribution in [2.24, 2.45) is 24.8 Å². The van der Waals surface area contributed by atoms with E-state index < -0.39 is 0 Å². The molecule has 3 rings (SSSR count). The molecule has 1 aromatic heterocycles. The molecule has 0 saturated heterocycles. The molecule has 1 N–H and O–H groups in total. The highest BCUT2D eigenvalue weighted by molar-refractivity contribution is 5.13. The molecule has 0 spiro atoms. The zero-order valence-corrected chi connectivity index (χ0v) is 13.2. The van der Waals surface area contributed by atoms with Gasteiger partial charge in [0.15, 0.2) is 0 Å². The molecule has 20 heavy (non-hydrogen) atoms. The molecule has 0 aliphatic heterocycles. The molecule has 0 bridgehead atoms. The molecule has 112 valence electrons. The third kappa shape index (κ3) is 2.93. The SMILES string of the molecule is CCCNC(Cc1cc(CC)nn1C)C1CC2CC2C1. The van der Waals surface area contributed by atoms with Crippen molar-refractivity contribution in [1.29, 1.82) is 0 Å². The van der Waals surface area contributed by atoms with Crippen LogP contribution in [0.5, 0.6) is 0 Å². The molecule has 3 nitrogen and oxygen atoms in total. The van der Waals surface area contributed by atoms with Crippen LogP contribution in [0.15, 0.2) is 6.07 Å². The Hall–Kier alpha value is -0.830. The van der Waals surface area contributed by atoms with E-state index in [-0.39, 0.29) is 0 Å². The van der Waals surface area contributed by atoms with Crippen molar-refractivity contribution >= 4 is 0 Å². The van der Waals surface area contributed by atoms with Crippen LogP contribution in [0.4, 0.5) is 0 Å². The molecular formula is C17H29N3. The van der Waals surface area contributed by atoms with Gasteiger partial charge in [0.25, 0.3) is 0 Å². The minimum Gasteiger partial charge on any atom is -0.313 e. The van der Waals surface area contributed by atoms with Crippen molar-refractivity contribution < 1.29 is 0 Å². The van der Waals surface area contributed by atoms with E-state index in [1.807, 2.05) is 0 Å². The molecule has 3 heteroatoms. The predicted molar refractivity (Wildman–Crippen MR) is 82.7 cm³/mol. The molecule has 0 aromatic carbocycles. The van der Waals surface area contributed by atoms with Crippen molar-refractivity contribution in [3.05, 3.63) is 17.5 Å². The summed E-state index contributed by atoms with van der Waals surface area (Å²) in [5.74, 6) is 3.04. The third-order valence-corrected chi connectivity index (χ3v) is 5.32. The molecule has 1 aromatic rings. The first-order chi connectivity index (χ1) is 9.71. The first kappa shape index (κ1) is 14.1. The van der Waals surface area contributed by atoms with E-state index in [1.165, 1.54) is 37.1 Å². The van der Waals surface area contributed by atoms with E-state index in [9.17, 15) is 0 Å². The minimum atomic E-state index is 0.655. The van der Waals surface area contributed by atoms with Gasteiger partial charge in [0.2, 0.25) is 0 Å². The number of aromatic nitrogens is 2. The number of hydrogen-bond acceptors (Lipinski definition) is 2. The zero-order chi connectivity index (χ0) is 14.1. The van der Waals surface area contributed by atoms with Gasteiger partial charge in [0, 0.05) is 25.2 Å². The third-order valence-electron chi connectivity index (χ3n) is 5.32. The average Bonchev–Trinajstić information content (AvgIpc) is 2.90. The van der Waals surface area contributed by atoms with Crippen LogP contribution in [0.2, 0.25) is 0 Å². The van der Waals surface area contributed by atoms with Gasteiger partial charge in [0.05, 0.1) is 5.69 Å². The Kier molecular flexibility index (Phi) is 4.16. The van der Waals surface area contributed by atoms with Crippen molar-refractivity contribution in [3.63, 3.8) is 0 Å². The lowest BCUT2D eigenvalue weighted by Crippen LogP contribution is -2.38. The fourth-order valence-corrected chi connectivity index (χ4v) is 3.99. The molecule has 2 saturated carbocycles. The summed E-state index contributed by atoms with van der Waals surface area (Å²) in [6, 6.07) is 2.96. The molecule has 0 radical (unpaired) electrons. The Labute approximate surface area is 123 Å². The second-order valence-corrected chi connectivity index (χ2v) is 6.86. The molecule has 3 unspecified atom stereocenters. The van der Waals surface area contributed by atoms with E-state index >= 15 is 0 Å². The highest BCUT2D eigenvalue weighted by atomic mass is 15.3. The number of nitrogens with one attached hydrogen (secondary N) is 1. The van der Waals surface area contributed by atoms with E-state index in [1.54, 1.807) is 0 Å². The highest BCUT2D eigenvalue weighted by Gasteiger charge is 2.47. The molecule has 1 heterocycles. The van der Waals surface area contributed by atoms with Crippen molar-refractivity contribution in [1.82, 2.24) is 15.1 Å². The first-order valence-electron chi connectivity index (χ1n) is 8.46. The van der Waals surface area contributed by atoms with Gasteiger partial charge in [-0.15, -0.1) is 0 Å². The molecule has 2 aliphatic rings. The van der Waals surface area contributed by atoms with Gasteiger partial charge in [-0.1, -0.05) is 13.8 Å². The number of aryl methyl sites for hydroxylation is 2. The van der Waals surface area contributed by atoms with Crippen molar-refractivity contribution in [3.8, 4) is 0 Å². The summed E-state index contributed by atoms with van der Waals surface area (Å²) in [6.45, 7) is 5.59. The zero-order valence-electron chi connectivity index (χ0n) is 13.2. The van der Waals surface area contributed by atoms with Crippen molar-refractivity contribution in [2.75, 3.05) is 6.54 Å². The van der Waals surface area contributed by atoms with Crippen LogP contribution < -0.4 is 5.32 Å². The van der Waals surface area contributed by atoms with Crippen LogP contribution in [0.25, 0.3) is 0 Å². The van der Waals surface area contributed by atoms with Crippen LogP contribution in [-0.2, 0) is 19.9 Å². The summed E-state index contributed by atoms with van der Waals surface area (Å²) in [4.78, 5) is 0. The van der Waals surface area contributed by atoms with E-state index in [4.69, 9.17) is 0 Å². The van der Waals surface area contributed by atoms with Gasteiger partial charge >= 0.3 is 0 Å². The van der Waals surface area contributed by atoms with Crippen LogP contribution in [-0.4, -0.2) is 22.4 Å². The molecule has 2 fully saturated rings. The number of rotatable bonds is 7. The summed E-state index contributed by atoms with van der Waals surface area (Å²) in [7, 11) is 2.09. The summed E-state index contributed by atoms with van der Waals surface area (Å²) in [6.07, 6.45) is 7.85. The molecule has 2 aliphatic carbocycles. The molecule has 0 amide bonds. The maximum atomic E-state index is 4.60. The fraction of sp³-hybridized carbons (Fsp3) is 0.824. The smallest absolute Gasteiger partial charge is 0.0624 e. The van der Waals surface area contributed by atoms with E-state index in [0.29, 0.717) is 6.04 Å². The van der Waals surface area contributed by atoms with Gasteiger partial charge in [-0.05, 0) is 62.5 Å². The lowest BCUT2D eigenvalue weighted by molar-refractivity contribution is 0.328. The van der Waals surface area contributed by atoms with Crippen LogP contribution in [0, 0.1) is 17.8 Å². The van der Waals surface area contributed by atoms with Gasteiger partial charge in [-0.3, -0.25) is 4.68 Å². The topological polar surface area (TPSA) is 29.9 Å². The minimum absolute atomic E-state index is 0.655. The lowest BCUT2D eigenvalue weighted by atomic mass is 9.91. The van der Waals surface area contributed by atoms with E-state index in [0.717, 1.165) is 37.1 Å². The largest absolute Gasteiger partial charge is 0.313 e. The summed E-state index contributed by atoms with van der Waals surface area (Å²) >= 11 is 0. The molecular weight excluding hydrogens is 246 g/mol. The van der Waals surface area contributed by atoms with Crippen LogP contribution in [0.3, 0.4) is 0 Å². The Morgan fingerprint density at radius 2 is 2.05 bits per heavy atom. The normalized spacial score (nSPS) is 29.4. The monoisotopic (exact) mass is 275 g/mol. The second-order valence-electron chi connectivity index (χ2n) is 6.86. The maximum Gasteiger partial charge on any atom is 0.0624 e. The Bertz CT molecular complexity index is 441. The highest BCUT2D eigenvalue weighted by Crippen LogP contribution is 2.55. The maximum absolute atomic E-state index is 4.60. The van der Waals surface area contributed by atoms with Gasteiger partial charge in [0.1, 0.15) is 0 Å². The summed E-state index contributed by atoms with van der Waals surface area (Å²) in [5.41, 5.74) is 2.63. The standard InChI is InChI=1S/C17H29N3/c1-4-6-18-17(14-8-12-7-13(12)9-14)11-16-10-15(5-2)19-20(16)3/h10,12-14,17-18H,4-9,11H2,1-3H3. The fourth-order valence-electron chi connectivity index (χ4n) is 3.99. The Morgan fingerprint density at radius 1 is 1.30 bits per heavy atom. The number of nitrogens with zero attached hydrogens (tertiary/aromatic N) is 2. The Balaban J connectivity index is 1.66. The molecule has 3 atom stereocenters. The first-order valence-corrected chi connectivity index (χ1v) is 8.46. The van der Waals surface area contributed by atoms with Gasteiger partial charge in [-0.25, -0.2) is 0 Å². The lowest BCUT2D eigenvalue weighted by Gasteiger charge is -2.26. The number of hydrogen-bond donors (Lipinski definition) is 1. The van der Waals surface area contributed by atoms with E-state index in [2.05, 4.69) is 42.1 Å². The van der Waals surface area contributed by atoms with Gasteiger partial charge in [-0.2, -0.15) is 5.10 Å². The van der Waals surface area contributed by atoms with Crippen LogP contribution in [0.1, 0.15) is 50.9 Å². The van der Waals surface area contributed by atoms with Gasteiger partial charge < -0.3 is 5.32 Å². The summed E-state index contributed by atoms with van der Waals surface area (Å²) in [5, 5.41) is 8.42. The Morgan fingerprint density at radius 3 is 2.65 bits per heavy atom. The quantitative estimate of drug-likeness (QED) is 0.829. The predicted octanol–water partition coefficient (Wildman–Crippen LogP) is 2.94. The summed E-state index contributed by atoms with van der Waals surface area (Å²) < 4.78 is 2.09. The second kappa shape index (κ2) is 5.88. The number of fused-ring (bicyclic) bond motifs is 1. The average molecular weight is 275 g/mol.